The van der Waals surface area contributed by atoms with E-state index >= 15 is 0 Å². The van der Waals surface area contributed by atoms with Gasteiger partial charge in [-0.05, 0) is 6.42 Å². The summed E-state index contributed by atoms with van der Waals surface area (Å²) in [6.45, 7) is 4.07. The van der Waals surface area contributed by atoms with Crippen molar-refractivity contribution in [2.45, 2.75) is 39.5 Å². The van der Waals surface area contributed by atoms with Gasteiger partial charge in [-0.25, -0.2) is 0 Å². The van der Waals surface area contributed by atoms with Crippen molar-refractivity contribution < 1.29 is 13.6 Å². The first-order valence-electron chi connectivity index (χ1n) is 3.81. The number of rotatable bonds is 4. The minimum absolute atomic E-state index is 0.514. The zero-order valence-electron chi connectivity index (χ0n) is 7.16. The Morgan fingerprint density at radius 1 is 1.55 bits per heavy atom. The van der Waals surface area contributed by atoms with Gasteiger partial charge in [0.15, 0.2) is 0 Å². The highest BCUT2D eigenvalue weighted by atomic mass is 19.3. The maximum Gasteiger partial charge on any atom is 0.302 e. The molecule has 0 aromatic heterocycles. The van der Waals surface area contributed by atoms with Gasteiger partial charge in [-0.2, -0.15) is 8.78 Å². The second-order valence-electron chi connectivity index (χ2n) is 2.94. The Morgan fingerprint density at radius 3 is 2.27 bits per heavy atom. The van der Waals surface area contributed by atoms with Gasteiger partial charge in [0.25, 0.3) is 0 Å². The van der Waals surface area contributed by atoms with Crippen LogP contribution >= 0.6 is 0 Å². The quantitative estimate of drug-likeness (QED) is 0.624. The molecule has 0 saturated heterocycles. The average molecular weight is 164 g/mol. The van der Waals surface area contributed by atoms with Crippen molar-refractivity contribution >= 4 is 5.78 Å². The zero-order valence-corrected chi connectivity index (χ0v) is 7.16. The van der Waals surface area contributed by atoms with Crippen molar-refractivity contribution in [1.29, 1.82) is 0 Å². The number of ketones is 1. The van der Waals surface area contributed by atoms with E-state index in [1.54, 1.807) is 6.92 Å². The average Bonchev–Trinajstić information content (AvgIpc) is 1.85. The molecule has 1 atom stereocenters. The fraction of sp³-hybridized carbons (Fsp3) is 0.875. The predicted molar refractivity (Wildman–Crippen MR) is 39.7 cm³/mol. The van der Waals surface area contributed by atoms with Gasteiger partial charge in [0.1, 0.15) is 0 Å². The number of carbonyl (C=O) groups excluding carboxylic acids is 1. The number of hydrogen-bond donors (Lipinski definition) is 0. The summed E-state index contributed by atoms with van der Waals surface area (Å²) in [5.41, 5.74) is 0. The number of carbonyl (C=O) groups is 1. The molecule has 0 aliphatic rings. The summed E-state index contributed by atoms with van der Waals surface area (Å²) < 4.78 is 24.7. The fourth-order valence-electron chi connectivity index (χ4n) is 0.997. The fourth-order valence-corrected chi connectivity index (χ4v) is 0.997. The lowest BCUT2D eigenvalue weighted by Gasteiger charge is -2.13. The van der Waals surface area contributed by atoms with E-state index in [1.807, 2.05) is 6.92 Å². The molecule has 0 amide bonds. The van der Waals surface area contributed by atoms with Crippen LogP contribution in [0.25, 0.3) is 0 Å². The van der Waals surface area contributed by atoms with E-state index in [9.17, 15) is 13.6 Å². The van der Waals surface area contributed by atoms with Crippen molar-refractivity contribution in [3.8, 4) is 0 Å². The lowest BCUT2D eigenvalue weighted by atomic mass is 9.97. The summed E-state index contributed by atoms with van der Waals surface area (Å²) in [4.78, 5) is 10.8. The minimum Gasteiger partial charge on any atom is -0.293 e. The number of halogens is 2. The zero-order chi connectivity index (χ0) is 9.07. The van der Waals surface area contributed by atoms with Gasteiger partial charge in [-0.15, -0.1) is 0 Å². The molecule has 11 heavy (non-hydrogen) atoms. The number of alkyl halides is 2. The normalized spacial score (nSPS) is 14.6. The summed E-state index contributed by atoms with van der Waals surface area (Å²) >= 11 is 0. The molecular weight excluding hydrogens is 150 g/mol. The second kappa shape index (κ2) is 3.79. The minimum atomic E-state index is -3.16. The molecule has 0 fully saturated rings. The van der Waals surface area contributed by atoms with E-state index < -0.39 is 17.6 Å². The lowest BCUT2D eigenvalue weighted by Crippen LogP contribution is -2.30. The van der Waals surface area contributed by atoms with E-state index in [0.717, 1.165) is 6.42 Å². The van der Waals surface area contributed by atoms with Gasteiger partial charge in [-0.3, -0.25) is 4.79 Å². The molecule has 0 aromatic carbocycles. The van der Waals surface area contributed by atoms with E-state index in [-0.39, 0.29) is 0 Å². The molecule has 0 radical (unpaired) electrons. The SMILES string of the molecule is CCCC(C)C(=O)C(C)(F)F. The van der Waals surface area contributed by atoms with Crippen molar-refractivity contribution in [3.63, 3.8) is 0 Å². The number of hydrogen-bond acceptors (Lipinski definition) is 1. The van der Waals surface area contributed by atoms with Crippen LogP contribution in [0.2, 0.25) is 0 Å². The predicted octanol–water partition coefficient (Wildman–Crippen LogP) is 2.65. The van der Waals surface area contributed by atoms with Crippen LogP contribution in [0, 0.1) is 5.92 Å². The molecule has 0 spiro atoms. The maximum absolute atomic E-state index is 12.3. The smallest absolute Gasteiger partial charge is 0.293 e. The summed E-state index contributed by atoms with van der Waals surface area (Å²) in [5, 5.41) is 0. The second-order valence-corrected chi connectivity index (χ2v) is 2.94. The highest BCUT2D eigenvalue weighted by Crippen LogP contribution is 2.20. The Balaban J connectivity index is 4.03. The topological polar surface area (TPSA) is 17.1 Å². The Kier molecular flexibility index (Phi) is 3.63. The van der Waals surface area contributed by atoms with E-state index in [0.29, 0.717) is 13.3 Å². The third kappa shape index (κ3) is 3.44. The summed E-state index contributed by atoms with van der Waals surface area (Å²) in [6, 6.07) is 0. The molecule has 1 unspecified atom stereocenters. The molecule has 0 bridgehead atoms. The van der Waals surface area contributed by atoms with Gasteiger partial charge < -0.3 is 0 Å². The molecule has 66 valence electrons. The first-order chi connectivity index (χ1) is 4.89. The van der Waals surface area contributed by atoms with Gasteiger partial charge in [0, 0.05) is 12.8 Å². The van der Waals surface area contributed by atoms with Crippen LogP contribution in [0.15, 0.2) is 0 Å². The molecule has 0 aliphatic heterocycles. The van der Waals surface area contributed by atoms with Gasteiger partial charge in [-0.1, -0.05) is 20.3 Å². The molecule has 0 aliphatic carbocycles. The summed E-state index contributed by atoms with van der Waals surface area (Å²) in [7, 11) is 0. The monoisotopic (exact) mass is 164 g/mol. The summed E-state index contributed by atoms with van der Waals surface area (Å²) in [6.07, 6.45) is 1.31. The van der Waals surface area contributed by atoms with Crippen LogP contribution in [0.4, 0.5) is 8.78 Å². The van der Waals surface area contributed by atoms with Crippen molar-refractivity contribution in [2.24, 2.45) is 5.92 Å². The Morgan fingerprint density at radius 2 is 2.00 bits per heavy atom. The first-order valence-corrected chi connectivity index (χ1v) is 3.81. The van der Waals surface area contributed by atoms with Gasteiger partial charge >= 0.3 is 5.92 Å². The lowest BCUT2D eigenvalue weighted by molar-refractivity contribution is -0.144. The van der Waals surface area contributed by atoms with Gasteiger partial charge in [0.05, 0.1) is 0 Å². The van der Waals surface area contributed by atoms with Crippen LogP contribution < -0.4 is 0 Å². The van der Waals surface area contributed by atoms with E-state index in [2.05, 4.69) is 0 Å². The van der Waals surface area contributed by atoms with Crippen LogP contribution in [0.5, 0.6) is 0 Å². The van der Waals surface area contributed by atoms with Gasteiger partial charge in [0.2, 0.25) is 5.78 Å². The Bertz CT molecular complexity index is 138. The summed E-state index contributed by atoms with van der Waals surface area (Å²) in [5.74, 6) is -4.62. The van der Waals surface area contributed by atoms with Crippen LogP contribution in [0.3, 0.4) is 0 Å². The molecule has 1 nitrogen and oxygen atoms in total. The van der Waals surface area contributed by atoms with Crippen molar-refractivity contribution in [1.82, 2.24) is 0 Å². The van der Waals surface area contributed by atoms with Crippen LogP contribution in [-0.2, 0) is 4.79 Å². The molecule has 0 N–H and O–H groups in total. The molecule has 0 aromatic rings. The highest BCUT2D eigenvalue weighted by molar-refractivity contribution is 5.87. The number of Topliss-reactive ketones (excluding diaryl/α,β-unsaturated/α-hetero) is 1. The maximum atomic E-state index is 12.3. The van der Waals surface area contributed by atoms with E-state index in [1.165, 1.54) is 0 Å². The van der Waals surface area contributed by atoms with Crippen LogP contribution in [-0.4, -0.2) is 11.7 Å². The molecule has 3 heteroatoms. The third-order valence-electron chi connectivity index (χ3n) is 1.60. The highest BCUT2D eigenvalue weighted by Gasteiger charge is 2.35. The largest absolute Gasteiger partial charge is 0.302 e. The Labute approximate surface area is 65.8 Å². The molecule has 0 rings (SSSR count). The molecule has 0 heterocycles. The van der Waals surface area contributed by atoms with Crippen molar-refractivity contribution in [3.05, 3.63) is 0 Å². The van der Waals surface area contributed by atoms with Crippen molar-refractivity contribution in [2.75, 3.05) is 0 Å². The molecule has 0 saturated carbocycles. The third-order valence-corrected chi connectivity index (χ3v) is 1.60. The molecular formula is C8H14F2O. The Hall–Kier alpha value is -0.470. The standard InChI is InChI=1S/C8H14F2O/c1-4-5-6(2)7(11)8(3,9)10/h6H,4-5H2,1-3H3. The first kappa shape index (κ1) is 10.5. The van der Waals surface area contributed by atoms with Crippen LogP contribution in [0.1, 0.15) is 33.6 Å². The van der Waals surface area contributed by atoms with E-state index in [4.69, 9.17) is 0 Å².